The van der Waals surface area contributed by atoms with Crippen LogP contribution in [0.4, 0.5) is 26.3 Å². The number of methoxy groups -OCH3 is 2. The van der Waals surface area contributed by atoms with Crippen LogP contribution < -0.4 is 14.2 Å². The van der Waals surface area contributed by atoms with Gasteiger partial charge in [0, 0.05) is 41.6 Å². The number of alkyl halides is 6. The minimum Gasteiger partial charge on any atom is -0.497 e. The van der Waals surface area contributed by atoms with E-state index < -0.39 is 45.1 Å². The van der Waals surface area contributed by atoms with Crippen molar-refractivity contribution in [3.63, 3.8) is 0 Å². The summed E-state index contributed by atoms with van der Waals surface area (Å²) in [4.78, 5) is 1.68. The van der Waals surface area contributed by atoms with Crippen molar-refractivity contribution >= 4 is 30.1 Å². The molecule has 0 heterocycles. The zero-order chi connectivity index (χ0) is 66.0. The number of rotatable bonds is 38. The molecule has 2 saturated carbocycles. The van der Waals surface area contributed by atoms with E-state index in [1.807, 2.05) is 64.1 Å². The van der Waals surface area contributed by atoms with E-state index in [4.69, 9.17) is 32.7 Å². The third kappa shape index (κ3) is 19.0. The van der Waals surface area contributed by atoms with Gasteiger partial charge in [-0.15, -0.1) is 0 Å². The van der Waals surface area contributed by atoms with Gasteiger partial charge < -0.3 is 42.4 Å². The lowest BCUT2D eigenvalue weighted by Crippen LogP contribution is -2.59. The standard InChI is InChI=1S/C71H100F6N3O8PS2/c1-12-37-68(70(72,73)74,71(75,76)77)85-46-42-79(9)41-45-84-65-35-34-64-63-32-22-54-48-60(31-33-61(54)62(63)36-38-67(64,65)8)83-44-39-66(6,7)91-90-47-17-16-19-53(50-88-89(87-43-18-40-78)80(51(2)3)52(4)5)49-86-69(55-20-14-13-15-21-55,56-23-27-58(81-10)28-24-56)57-25-29-59(82-11)30-26-57/h13-15,20-21,23-31,33,48,51-53,62-65H,12,16-19,22,32,34-39,41-47,49-50H2,1-11H3/t53?,62?,63?,64?,65-,67-,89?/m0/s1. The molecule has 3 aliphatic carbocycles. The molecule has 11 nitrogen and oxygen atoms in total. The van der Waals surface area contributed by atoms with E-state index in [1.54, 1.807) is 26.2 Å². The van der Waals surface area contributed by atoms with Gasteiger partial charge in [0.15, 0.2) is 0 Å². The Kier molecular flexibility index (Phi) is 28.1. The molecule has 506 valence electrons. The van der Waals surface area contributed by atoms with Crippen LogP contribution in [0.3, 0.4) is 0 Å². The number of fused-ring (bicyclic) bond motifs is 5. The Hall–Kier alpha value is -3.80. The number of ether oxygens (including phenoxy) is 6. The van der Waals surface area contributed by atoms with Gasteiger partial charge in [-0.05, 0) is 200 Å². The molecule has 3 aliphatic rings. The van der Waals surface area contributed by atoms with Crippen molar-refractivity contribution in [2.45, 2.75) is 191 Å². The van der Waals surface area contributed by atoms with Crippen molar-refractivity contribution in [1.82, 2.24) is 9.57 Å². The lowest BCUT2D eigenvalue weighted by atomic mass is 9.55. The zero-order valence-corrected chi connectivity index (χ0v) is 58.0. The Bertz CT molecular complexity index is 2780. The van der Waals surface area contributed by atoms with Crippen LogP contribution in [0.1, 0.15) is 166 Å². The zero-order valence-electron chi connectivity index (χ0n) is 55.5. The third-order valence-corrected chi connectivity index (χ3v) is 24.4. The molecule has 0 spiro atoms. The molecule has 7 atom stereocenters. The van der Waals surface area contributed by atoms with E-state index in [1.165, 1.54) is 18.1 Å². The largest absolute Gasteiger partial charge is 0.497 e. The van der Waals surface area contributed by atoms with Crippen molar-refractivity contribution in [1.29, 1.82) is 5.26 Å². The Labute approximate surface area is 548 Å². The number of likely N-dealkylation sites (N-methyl/N-ethyl adjacent to an activating group) is 1. The molecule has 0 aliphatic heterocycles. The summed E-state index contributed by atoms with van der Waals surface area (Å²) in [6.07, 6.45) is -2.38. The fourth-order valence-electron chi connectivity index (χ4n) is 14.0. The molecular formula is C71H100F6N3O8PS2. The fraction of sp³-hybridized carbons (Fsp3) is 0.648. The molecule has 0 amide bonds. The average Bonchev–Trinajstić information content (AvgIpc) is 1.74. The number of nitriles is 1. The molecule has 4 aromatic carbocycles. The molecule has 20 heteroatoms. The van der Waals surface area contributed by atoms with E-state index in [0.717, 1.165) is 104 Å². The van der Waals surface area contributed by atoms with Crippen molar-refractivity contribution in [3.8, 4) is 23.3 Å². The minimum absolute atomic E-state index is 0.000214. The van der Waals surface area contributed by atoms with Crippen molar-refractivity contribution in [2.75, 3.05) is 79.8 Å². The van der Waals surface area contributed by atoms with Gasteiger partial charge in [-0.2, -0.15) is 31.6 Å². The summed E-state index contributed by atoms with van der Waals surface area (Å²) in [5, 5.41) is 9.43. The van der Waals surface area contributed by atoms with Crippen molar-refractivity contribution in [2.24, 2.45) is 23.2 Å². The van der Waals surface area contributed by atoms with Crippen LogP contribution >= 0.6 is 30.1 Å². The summed E-state index contributed by atoms with van der Waals surface area (Å²) in [5.74, 6) is 4.94. The van der Waals surface area contributed by atoms with Crippen molar-refractivity contribution in [3.05, 3.63) is 125 Å². The number of unbranched alkanes of at least 4 members (excludes halogenated alkanes) is 1. The predicted molar refractivity (Wildman–Crippen MR) is 355 cm³/mol. The number of halogens is 6. The Balaban J connectivity index is 0.907. The summed E-state index contributed by atoms with van der Waals surface area (Å²) < 4.78 is 134. The highest BCUT2D eigenvalue weighted by atomic mass is 33.1. The molecule has 0 saturated heterocycles. The SMILES string of the molecule is CCCC(OCCN(C)CCO[C@H]1CCC2C3CCc4cc(OCCC(C)(C)SSCCCCC(COP(OCCC#N)N(C(C)C)C(C)C)COC(c5ccccc5)(c5ccc(OC)cc5)c5ccc(OC)cc5)ccc4C3CC[C@@]21C)(C(F)(F)F)C(F)(F)F. The normalized spacial score (nSPS) is 20.4. The number of hydrogen-bond acceptors (Lipinski definition) is 13. The van der Waals surface area contributed by atoms with Gasteiger partial charge in [-0.1, -0.05) is 109 Å². The molecular weight excluding hydrogens is 1230 g/mol. The molecule has 0 N–H and O–H groups in total. The van der Waals surface area contributed by atoms with Crippen LogP contribution in [-0.4, -0.2) is 130 Å². The van der Waals surface area contributed by atoms with Crippen LogP contribution in [0.2, 0.25) is 0 Å². The van der Waals surface area contributed by atoms with Crippen LogP contribution in [0.25, 0.3) is 0 Å². The van der Waals surface area contributed by atoms with Gasteiger partial charge in [0.05, 0.1) is 72.5 Å². The summed E-state index contributed by atoms with van der Waals surface area (Å²) in [5.41, 5.74) is 0.580. The van der Waals surface area contributed by atoms with Gasteiger partial charge >= 0.3 is 12.4 Å². The highest BCUT2D eigenvalue weighted by molar-refractivity contribution is 8.77. The van der Waals surface area contributed by atoms with E-state index in [-0.39, 0.29) is 53.7 Å². The molecule has 0 aromatic heterocycles. The maximum Gasteiger partial charge on any atom is 0.426 e. The van der Waals surface area contributed by atoms with Gasteiger partial charge in [-0.25, -0.2) is 4.67 Å². The highest BCUT2D eigenvalue weighted by Crippen LogP contribution is 2.62. The number of aryl methyl sites for hydroxylation is 1. The molecule has 5 unspecified atom stereocenters. The second-order valence-corrected chi connectivity index (χ2v) is 30.8. The first-order chi connectivity index (χ1) is 43.4. The highest BCUT2D eigenvalue weighted by Gasteiger charge is 2.71. The summed E-state index contributed by atoms with van der Waals surface area (Å²) in [6.45, 7) is 18.5. The van der Waals surface area contributed by atoms with Gasteiger partial charge in [0.1, 0.15) is 22.8 Å². The Morgan fingerprint density at radius 1 is 0.714 bits per heavy atom. The van der Waals surface area contributed by atoms with E-state index in [9.17, 15) is 31.6 Å². The quantitative estimate of drug-likeness (QED) is 0.0140. The second kappa shape index (κ2) is 34.2. The van der Waals surface area contributed by atoms with E-state index in [2.05, 4.69) is 119 Å². The maximum absolute atomic E-state index is 13.8. The predicted octanol–water partition coefficient (Wildman–Crippen LogP) is 18.6. The number of benzene rings is 4. The molecule has 0 bridgehead atoms. The maximum atomic E-state index is 13.8. The summed E-state index contributed by atoms with van der Waals surface area (Å²) in [6, 6.07) is 35.9. The molecule has 4 aromatic rings. The first-order valence-corrected chi connectivity index (χ1v) is 36.1. The first-order valence-electron chi connectivity index (χ1n) is 32.7. The minimum atomic E-state index is -5.57. The molecule has 0 radical (unpaired) electrons. The van der Waals surface area contributed by atoms with Crippen LogP contribution in [0.15, 0.2) is 97.1 Å². The van der Waals surface area contributed by atoms with E-state index >= 15 is 0 Å². The fourth-order valence-corrected chi connectivity index (χ4v) is 18.4. The summed E-state index contributed by atoms with van der Waals surface area (Å²) in [7, 11) is 7.38. The molecule has 7 rings (SSSR count). The first kappa shape index (κ1) is 74.6. The lowest BCUT2D eigenvalue weighted by molar-refractivity contribution is -0.383. The third-order valence-electron chi connectivity index (χ3n) is 18.9. The Morgan fingerprint density at radius 2 is 1.34 bits per heavy atom. The average molecular weight is 1330 g/mol. The van der Waals surface area contributed by atoms with Crippen molar-refractivity contribution < 1.29 is 63.8 Å². The lowest BCUT2D eigenvalue weighted by Gasteiger charge is -2.50. The summed E-state index contributed by atoms with van der Waals surface area (Å²) >= 11 is 0. The number of nitrogens with zero attached hydrogens (tertiary/aromatic N) is 3. The van der Waals surface area contributed by atoms with E-state index in [0.29, 0.717) is 57.3 Å². The van der Waals surface area contributed by atoms with Crippen LogP contribution in [-0.2, 0) is 35.3 Å². The van der Waals surface area contributed by atoms with Crippen LogP contribution in [0, 0.1) is 34.5 Å². The van der Waals surface area contributed by atoms with Gasteiger partial charge in [0.2, 0.25) is 0 Å². The van der Waals surface area contributed by atoms with Gasteiger partial charge in [0.25, 0.3) is 14.1 Å². The molecule has 2 fully saturated rings. The smallest absolute Gasteiger partial charge is 0.426 e. The second-order valence-electron chi connectivity index (χ2n) is 26.3. The number of hydrogen-bond donors (Lipinski definition) is 0. The topological polar surface area (TPSA) is 104 Å². The Morgan fingerprint density at radius 3 is 1.95 bits per heavy atom. The van der Waals surface area contributed by atoms with Crippen LogP contribution in [0.5, 0.6) is 17.2 Å². The van der Waals surface area contributed by atoms with Gasteiger partial charge in [-0.3, -0.25) is 0 Å². The molecule has 91 heavy (non-hydrogen) atoms. The monoisotopic (exact) mass is 1330 g/mol.